The van der Waals surface area contributed by atoms with E-state index in [-0.39, 0.29) is 16.8 Å². The van der Waals surface area contributed by atoms with Crippen LogP contribution in [0.25, 0.3) is 0 Å². The first-order valence-electron chi connectivity index (χ1n) is 8.97. The van der Waals surface area contributed by atoms with Gasteiger partial charge in [-0.25, -0.2) is 13.4 Å². The Bertz CT molecular complexity index is 1090. The van der Waals surface area contributed by atoms with Crippen molar-refractivity contribution in [2.45, 2.75) is 35.4 Å². The van der Waals surface area contributed by atoms with Crippen LogP contribution in [-0.4, -0.2) is 25.6 Å². The predicted molar refractivity (Wildman–Crippen MR) is 118 cm³/mol. The number of carbonyl (C=O) groups is 1. The van der Waals surface area contributed by atoms with Crippen molar-refractivity contribution in [1.29, 1.82) is 0 Å². The Labute approximate surface area is 179 Å². The van der Waals surface area contributed by atoms with Crippen molar-refractivity contribution in [3.63, 3.8) is 0 Å². The van der Waals surface area contributed by atoms with Gasteiger partial charge in [0.05, 0.1) is 21.6 Å². The number of benzene rings is 2. The lowest BCUT2D eigenvalue weighted by molar-refractivity contribution is 0.0940. The van der Waals surface area contributed by atoms with Crippen LogP contribution in [0.15, 0.2) is 63.7 Å². The van der Waals surface area contributed by atoms with Crippen LogP contribution in [0.3, 0.4) is 0 Å². The first-order valence-corrected chi connectivity index (χ1v) is 12.7. The van der Waals surface area contributed by atoms with Gasteiger partial charge in [0.25, 0.3) is 5.91 Å². The smallest absolute Gasteiger partial charge is 0.251 e. The molecule has 0 radical (unpaired) electrons. The summed E-state index contributed by atoms with van der Waals surface area (Å²) in [6, 6.07) is 13.8. The maximum Gasteiger partial charge on any atom is 0.251 e. The summed E-state index contributed by atoms with van der Waals surface area (Å²) in [4.78, 5) is 18.3. The standard InChI is InChI=1S/C21H22N2O3S3/c1-14(16-6-10-20(11-7-16)29(3,25)26)22-21(24)17-4-8-19(9-5-17)28-13-18-12-27-15(2)23-18/h4-12,14H,13H2,1-3H3,(H,22,24). The molecule has 0 spiro atoms. The van der Waals surface area contributed by atoms with E-state index in [9.17, 15) is 13.2 Å². The van der Waals surface area contributed by atoms with Crippen molar-refractivity contribution in [3.8, 4) is 0 Å². The Hall–Kier alpha value is -2.16. The number of rotatable bonds is 7. The molecule has 0 saturated carbocycles. The average Bonchev–Trinajstić information content (AvgIpc) is 3.11. The average molecular weight is 447 g/mol. The number of nitrogens with zero attached hydrogens (tertiary/aromatic N) is 1. The van der Waals surface area contributed by atoms with Gasteiger partial charge in [-0.2, -0.15) is 0 Å². The van der Waals surface area contributed by atoms with Gasteiger partial charge in [-0.05, 0) is 55.8 Å². The van der Waals surface area contributed by atoms with Gasteiger partial charge in [-0.1, -0.05) is 12.1 Å². The molecule has 1 heterocycles. The summed E-state index contributed by atoms with van der Waals surface area (Å²) in [6.07, 6.45) is 1.17. The maximum absolute atomic E-state index is 12.5. The number of thioether (sulfide) groups is 1. The van der Waals surface area contributed by atoms with Crippen molar-refractivity contribution < 1.29 is 13.2 Å². The molecule has 1 atom stereocenters. The van der Waals surface area contributed by atoms with Gasteiger partial charge in [0.2, 0.25) is 0 Å². The van der Waals surface area contributed by atoms with Crippen molar-refractivity contribution in [1.82, 2.24) is 10.3 Å². The number of hydrogen-bond donors (Lipinski definition) is 1. The molecular weight excluding hydrogens is 424 g/mol. The van der Waals surface area contributed by atoms with Crippen LogP contribution in [0.1, 0.15) is 39.6 Å². The monoisotopic (exact) mass is 446 g/mol. The van der Waals surface area contributed by atoms with E-state index in [0.29, 0.717) is 5.56 Å². The summed E-state index contributed by atoms with van der Waals surface area (Å²) in [5.41, 5.74) is 2.49. The topological polar surface area (TPSA) is 76.1 Å². The van der Waals surface area contributed by atoms with Gasteiger partial charge < -0.3 is 5.32 Å². The van der Waals surface area contributed by atoms with Gasteiger partial charge in [-0.3, -0.25) is 4.79 Å². The molecule has 1 amide bonds. The van der Waals surface area contributed by atoms with Crippen LogP contribution >= 0.6 is 23.1 Å². The Balaban J connectivity index is 1.58. The lowest BCUT2D eigenvalue weighted by Gasteiger charge is -2.15. The molecule has 2 aromatic carbocycles. The van der Waals surface area contributed by atoms with Crippen LogP contribution in [-0.2, 0) is 15.6 Å². The van der Waals surface area contributed by atoms with E-state index >= 15 is 0 Å². The second-order valence-electron chi connectivity index (χ2n) is 6.71. The predicted octanol–water partition coefficient (Wildman–Crippen LogP) is 4.64. The fourth-order valence-electron chi connectivity index (χ4n) is 2.70. The zero-order valence-corrected chi connectivity index (χ0v) is 18.8. The summed E-state index contributed by atoms with van der Waals surface area (Å²) >= 11 is 3.33. The molecule has 3 aromatic rings. The van der Waals surface area contributed by atoms with E-state index in [1.807, 2.05) is 38.1 Å². The van der Waals surface area contributed by atoms with Gasteiger partial charge >= 0.3 is 0 Å². The zero-order valence-electron chi connectivity index (χ0n) is 16.4. The Morgan fingerprint density at radius 3 is 2.34 bits per heavy atom. The number of amides is 1. The van der Waals surface area contributed by atoms with E-state index in [1.54, 1.807) is 47.4 Å². The molecular formula is C21H22N2O3S3. The van der Waals surface area contributed by atoms with Crippen molar-refractivity contribution >= 4 is 38.8 Å². The molecule has 0 saturated heterocycles. The second-order valence-corrected chi connectivity index (χ2v) is 10.8. The molecule has 29 heavy (non-hydrogen) atoms. The molecule has 0 fully saturated rings. The number of sulfone groups is 1. The SMILES string of the molecule is Cc1nc(CSc2ccc(C(=O)NC(C)c3ccc(S(C)(=O)=O)cc3)cc2)cs1. The Morgan fingerprint density at radius 2 is 1.79 bits per heavy atom. The molecule has 152 valence electrons. The van der Waals surface area contributed by atoms with Crippen LogP contribution in [0.5, 0.6) is 0 Å². The lowest BCUT2D eigenvalue weighted by Crippen LogP contribution is -2.26. The third kappa shape index (κ3) is 5.91. The number of aryl methyl sites for hydroxylation is 1. The van der Waals surface area contributed by atoms with Gasteiger partial charge in [0.1, 0.15) is 0 Å². The third-order valence-electron chi connectivity index (χ3n) is 4.33. The Morgan fingerprint density at radius 1 is 1.14 bits per heavy atom. The van der Waals surface area contributed by atoms with Gasteiger partial charge in [0.15, 0.2) is 9.84 Å². The van der Waals surface area contributed by atoms with Crippen molar-refractivity contribution in [2.75, 3.05) is 6.26 Å². The second kappa shape index (κ2) is 9.11. The summed E-state index contributed by atoms with van der Waals surface area (Å²) in [7, 11) is -3.23. The van der Waals surface area contributed by atoms with Crippen molar-refractivity contribution in [2.24, 2.45) is 0 Å². The molecule has 1 N–H and O–H groups in total. The molecule has 0 aliphatic rings. The number of nitrogens with one attached hydrogen (secondary N) is 1. The molecule has 3 rings (SSSR count). The highest BCUT2D eigenvalue weighted by atomic mass is 32.2. The van der Waals surface area contributed by atoms with E-state index < -0.39 is 9.84 Å². The van der Waals surface area contributed by atoms with Crippen LogP contribution in [0.4, 0.5) is 0 Å². The number of hydrogen-bond acceptors (Lipinski definition) is 6. The minimum Gasteiger partial charge on any atom is -0.346 e. The highest BCUT2D eigenvalue weighted by Gasteiger charge is 2.13. The van der Waals surface area contributed by atoms with Crippen LogP contribution in [0.2, 0.25) is 0 Å². The third-order valence-corrected chi connectivity index (χ3v) is 7.32. The number of thiazole rings is 1. The largest absolute Gasteiger partial charge is 0.346 e. The normalized spacial score (nSPS) is 12.5. The highest BCUT2D eigenvalue weighted by molar-refractivity contribution is 7.98. The maximum atomic E-state index is 12.5. The quantitative estimate of drug-likeness (QED) is 0.535. The van der Waals surface area contributed by atoms with E-state index in [1.165, 1.54) is 6.26 Å². The molecule has 5 nitrogen and oxygen atoms in total. The molecule has 1 aromatic heterocycles. The first-order chi connectivity index (χ1) is 13.7. The van der Waals surface area contributed by atoms with E-state index in [0.717, 1.165) is 26.9 Å². The Kier molecular flexibility index (Phi) is 6.77. The summed E-state index contributed by atoms with van der Waals surface area (Å²) < 4.78 is 23.1. The molecule has 0 aliphatic carbocycles. The molecule has 0 bridgehead atoms. The first kappa shape index (κ1) is 21.5. The van der Waals surface area contributed by atoms with Gasteiger partial charge in [0, 0.05) is 27.8 Å². The minimum atomic E-state index is -3.23. The lowest BCUT2D eigenvalue weighted by atomic mass is 10.1. The zero-order chi connectivity index (χ0) is 21.0. The van der Waals surface area contributed by atoms with E-state index in [2.05, 4.69) is 15.7 Å². The van der Waals surface area contributed by atoms with Gasteiger partial charge in [-0.15, -0.1) is 23.1 Å². The summed E-state index contributed by atoms with van der Waals surface area (Å²) in [5, 5.41) is 6.07. The van der Waals surface area contributed by atoms with Crippen LogP contribution < -0.4 is 5.32 Å². The molecule has 8 heteroatoms. The molecule has 1 unspecified atom stereocenters. The van der Waals surface area contributed by atoms with E-state index in [4.69, 9.17) is 0 Å². The number of carbonyl (C=O) groups excluding carboxylic acids is 1. The van der Waals surface area contributed by atoms with Crippen molar-refractivity contribution in [3.05, 3.63) is 75.7 Å². The summed E-state index contributed by atoms with van der Waals surface area (Å²) in [6.45, 7) is 3.86. The molecule has 0 aliphatic heterocycles. The fraction of sp³-hybridized carbons (Fsp3) is 0.238. The highest BCUT2D eigenvalue weighted by Crippen LogP contribution is 2.24. The number of aromatic nitrogens is 1. The summed E-state index contributed by atoms with van der Waals surface area (Å²) in [5.74, 6) is 0.632. The fourth-order valence-corrected chi connectivity index (χ4v) is 4.84. The van der Waals surface area contributed by atoms with Crippen LogP contribution in [0, 0.1) is 6.92 Å². The minimum absolute atomic E-state index is 0.170.